The van der Waals surface area contributed by atoms with Gasteiger partial charge in [-0.2, -0.15) is 0 Å². The molecule has 1 aliphatic heterocycles. The van der Waals surface area contributed by atoms with Crippen LogP contribution in [-0.2, 0) is 22.6 Å². The average molecular weight is 338 g/mol. The van der Waals surface area contributed by atoms with Gasteiger partial charge in [0, 0.05) is 13.1 Å². The standard InChI is InChI=1S/C20H22N2O3/c1-14(15-7-9-18(25-2)10-8-15)21-19(23)20(24)22-12-11-16-5-3-4-6-17(16)13-22/h3-10,14H,11-13H2,1-2H3,(H,21,23). The molecule has 2 aromatic carbocycles. The van der Waals surface area contributed by atoms with E-state index in [2.05, 4.69) is 11.4 Å². The van der Waals surface area contributed by atoms with Crippen molar-refractivity contribution in [2.24, 2.45) is 0 Å². The fraction of sp³-hybridized carbons (Fsp3) is 0.300. The van der Waals surface area contributed by atoms with Crippen molar-refractivity contribution in [2.45, 2.75) is 25.9 Å². The molecule has 0 bridgehead atoms. The molecule has 1 atom stereocenters. The SMILES string of the molecule is COc1ccc(C(C)NC(=O)C(=O)N2CCc3ccccc3C2)cc1. The van der Waals surface area contributed by atoms with E-state index >= 15 is 0 Å². The minimum atomic E-state index is -0.567. The number of fused-ring (bicyclic) bond motifs is 1. The van der Waals surface area contributed by atoms with Crippen LogP contribution in [0.25, 0.3) is 0 Å². The van der Waals surface area contributed by atoms with Crippen molar-refractivity contribution in [2.75, 3.05) is 13.7 Å². The molecule has 2 aromatic rings. The molecule has 1 unspecified atom stereocenters. The smallest absolute Gasteiger partial charge is 0.312 e. The predicted molar refractivity (Wildman–Crippen MR) is 95.1 cm³/mol. The number of carbonyl (C=O) groups excluding carboxylic acids is 2. The number of methoxy groups -OCH3 is 1. The van der Waals surface area contributed by atoms with Gasteiger partial charge in [0.1, 0.15) is 5.75 Å². The predicted octanol–water partition coefficient (Wildman–Crippen LogP) is 2.46. The van der Waals surface area contributed by atoms with Crippen LogP contribution in [0, 0.1) is 0 Å². The van der Waals surface area contributed by atoms with Crippen molar-refractivity contribution in [1.82, 2.24) is 10.2 Å². The average Bonchev–Trinajstić information content (AvgIpc) is 2.67. The third-order valence-electron chi connectivity index (χ3n) is 4.58. The highest BCUT2D eigenvalue weighted by Gasteiger charge is 2.26. The lowest BCUT2D eigenvalue weighted by atomic mass is 10.00. The normalized spacial score (nSPS) is 14.4. The molecule has 0 aliphatic carbocycles. The zero-order valence-electron chi connectivity index (χ0n) is 14.5. The Bertz CT molecular complexity index is 771. The lowest BCUT2D eigenvalue weighted by Crippen LogP contribution is -2.45. The van der Waals surface area contributed by atoms with Crippen molar-refractivity contribution in [3.05, 3.63) is 65.2 Å². The van der Waals surface area contributed by atoms with Crippen molar-refractivity contribution in [1.29, 1.82) is 0 Å². The molecule has 0 spiro atoms. The Labute approximate surface area is 147 Å². The van der Waals surface area contributed by atoms with E-state index in [1.807, 2.05) is 49.4 Å². The molecule has 0 saturated carbocycles. The van der Waals surface area contributed by atoms with Gasteiger partial charge in [0.25, 0.3) is 0 Å². The Kier molecular flexibility index (Phi) is 5.03. The minimum absolute atomic E-state index is 0.251. The number of nitrogens with one attached hydrogen (secondary N) is 1. The number of benzene rings is 2. The van der Waals surface area contributed by atoms with Gasteiger partial charge in [0.05, 0.1) is 13.2 Å². The fourth-order valence-corrected chi connectivity index (χ4v) is 3.05. The number of hydrogen-bond donors (Lipinski definition) is 1. The maximum absolute atomic E-state index is 12.5. The maximum Gasteiger partial charge on any atom is 0.312 e. The number of ether oxygens (including phenoxy) is 1. The van der Waals surface area contributed by atoms with E-state index in [-0.39, 0.29) is 6.04 Å². The lowest BCUT2D eigenvalue weighted by Gasteiger charge is -2.28. The molecule has 1 aliphatic rings. The molecule has 0 radical (unpaired) electrons. The molecule has 25 heavy (non-hydrogen) atoms. The van der Waals surface area contributed by atoms with Gasteiger partial charge in [0.2, 0.25) is 0 Å². The highest BCUT2D eigenvalue weighted by molar-refractivity contribution is 6.35. The van der Waals surface area contributed by atoms with E-state index in [4.69, 9.17) is 4.74 Å². The molecule has 0 saturated heterocycles. The second-order valence-electron chi connectivity index (χ2n) is 6.21. The summed E-state index contributed by atoms with van der Waals surface area (Å²) in [5.74, 6) is -0.289. The van der Waals surface area contributed by atoms with Gasteiger partial charge in [0.15, 0.2) is 0 Å². The highest BCUT2D eigenvalue weighted by atomic mass is 16.5. The summed E-state index contributed by atoms with van der Waals surface area (Å²) in [6.07, 6.45) is 0.781. The van der Waals surface area contributed by atoms with Crippen molar-refractivity contribution in [3.8, 4) is 5.75 Å². The second-order valence-corrected chi connectivity index (χ2v) is 6.21. The van der Waals surface area contributed by atoms with E-state index in [9.17, 15) is 9.59 Å². The van der Waals surface area contributed by atoms with Gasteiger partial charge in [-0.25, -0.2) is 0 Å². The Morgan fingerprint density at radius 2 is 1.76 bits per heavy atom. The van der Waals surface area contributed by atoms with E-state index in [1.165, 1.54) is 5.56 Å². The minimum Gasteiger partial charge on any atom is -0.497 e. The quantitative estimate of drug-likeness (QED) is 0.875. The number of carbonyl (C=O) groups is 2. The Morgan fingerprint density at radius 3 is 2.44 bits per heavy atom. The van der Waals surface area contributed by atoms with Crippen LogP contribution in [0.5, 0.6) is 5.75 Å². The Hall–Kier alpha value is -2.82. The lowest BCUT2D eigenvalue weighted by molar-refractivity contribution is -0.146. The van der Waals surface area contributed by atoms with Crippen LogP contribution in [0.4, 0.5) is 0 Å². The molecule has 1 N–H and O–H groups in total. The summed E-state index contributed by atoms with van der Waals surface area (Å²) in [6.45, 7) is 2.91. The molecule has 130 valence electrons. The van der Waals surface area contributed by atoms with Gasteiger partial charge < -0.3 is 15.0 Å². The van der Waals surface area contributed by atoms with Crippen LogP contribution in [0.2, 0.25) is 0 Å². The number of rotatable bonds is 3. The summed E-state index contributed by atoms with van der Waals surface area (Å²) in [4.78, 5) is 26.4. The number of nitrogens with zero attached hydrogens (tertiary/aromatic N) is 1. The molecule has 5 nitrogen and oxygen atoms in total. The van der Waals surface area contributed by atoms with E-state index < -0.39 is 11.8 Å². The highest BCUT2D eigenvalue weighted by Crippen LogP contribution is 2.20. The number of amides is 2. The molecular weight excluding hydrogens is 316 g/mol. The summed E-state index contributed by atoms with van der Waals surface area (Å²) < 4.78 is 5.13. The summed E-state index contributed by atoms with van der Waals surface area (Å²) >= 11 is 0. The Balaban J connectivity index is 1.61. The van der Waals surface area contributed by atoms with Crippen LogP contribution in [0.15, 0.2) is 48.5 Å². The summed E-state index contributed by atoms with van der Waals surface area (Å²) in [5.41, 5.74) is 3.28. The summed E-state index contributed by atoms with van der Waals surface area (Å²) in [7, 11) is 1.61. The Morgan fingerprint density at radius 1 is 1.08 bits per heavy atom. The summed E-state index contributed by atoms with van der Waals surface area (Å²) in [6, 6.07) is 15.2. The van der Waals surface area contributed by atoms with Crippen molar-refractivity contribution < 1.29 is 14.3 Å². The second kappa shape index (κ2) is 7.38. The largest absolute Gasteiger partial charge is 0.497 e. The van der Waals surface area contributed by atoms with Gasteiger partial charge >= 0.3 is 11.8 Å². The molecule has 0 aromatic heterocycles. The summed E-state index contributed by atoms with van der Waals surface area (Å²) in [5, 5.41) is 2.78. The number of hydrogen-bond acceptors (Lipinski definition) is 3. The van der Waals surface area contributed by atoms with Gasteiger partial charge in [-0.15, -0.1) is 0 Å². The van der Waals surface area contributed by atoms with Crippen molar-refractivity contribution >= 4 is 11.8 Å². The topological polar surface area (TPSA) is 58.6 Å². The van der Waals surface area contributed by atoms with Gasteiger partial charge in [-0.1, -0.05) is 36.4 Å². The first-order valence-corrected chi connectivity index (χ1v) is 8.39. The van der Waals surface area contributed by atoms with Crippen LogP contribution in [0.3, 0.4) is 0 Å². The van der Waals surface area contributed by atoms with E-state index in [0.29, 0.717) is 13.1 Å². The first-order chi connectivity index (χ1) is 12.1. The maximum atomic E-state index is 12.5. The monoisotopic (exact) mass is 338 g/mol. The molecule has 3 rings (SSSR count). The zero-order valence-corrected chi connectivity index (χ0v) is 14.5. The van der Waals surface area contributed by atoms with Crippen LogP contribution in [-0.4, -0.2) is 30.4 Å². The van der Waals surface area contributed by atoms with E-state index in [0.717, 1.165) is 23.3 Å². The third kappa shape index (κ3) is 3.82. The zero-order chi connectivity index (χ0) is 17.8. The molecule has 5 heteroatoms. The van der Waals surface area contributed by atoms with E-state index in [1.54, 1.807) is 12.0 Å². The first kappa shape index (κ1) is 17.0. The molecule has 0 fully saturated rings. The van der Waals surface area contributed by atoms with Gasteiger partial charge in [-0.3, -0.25) is 9.59 Å². The fourth-order valence-electron chi connectivity index (χ4n) is 3.05. The third-order valence-corrected chi connectivity index (χ3v) is 4.58. The van der Waals surface area contributed by atoms with Crippen LogP contribution < -0.4 is 10.1 Å². The van der Waals surface area contributed by atoms with Crippen molar-refractivity contribution in [3.63, 3.8) is 0 Å². The first-order valence-electron chi connectivity index (χ1n) is 8.39. The molecule has 2 amide bonds. The molecular formula is C20H22N2O3. The van der Waals surface area contributed by atoms with Crippen LogP contribution in [0.1, 0.15) is 29.7 Å². The van der Waals surface area contributed by atoms with Crippen LogP contribution >= 0.6 is 0 Å². The van der Waals surface area contributed by atoms with Gasteiger partial charge in [-0.05, 0) is 42.2 Å². The molecule has 1 heterocycles.